The maximum atomic E-state index is 11.4. The zero-order valence-corrected chi connectivity index (χ0v) is 8.13. The van der Waals surface area contributed by atoms with Crippen LogP contribution in [-0.4, -0.2) is 34.8 Å². The molecule has 0 saturated carbocycles. The van der Waals surface area contributed by atoms with E-state index >= 15 is 0 Å². The van der Waals surface area contributed by atoms with Crippen LogP contribution in [-0.2, 0) is 9.59 Å². The van der Waals surface area contributed by atoms with Gasteiger partial charge in [-0.25, -0.2) is 5.43 Å². The van der Waals surface area contributed by atoms with Crippen LogP contribution >= 0.6 is 0 Å². The molecule has 0 aromatic rings. The van der Waals surface area contributed by atoms with Crippen molar-refractivity contribution in [3.05, 3.63) is 0 Å². The van der Waals surface area contributed by atoms with Crippen LogP contribution in [0.5, 0.6) is 0 Å². The van der Waals surface area contributed by atoms with Gasteiger partial charge in [0.05, 0.1) is 18.6 Å². The Morgan fingerprint density at radius 2 is 2.36 bits per heavy atom. The SMILES string of the molecule is CC(C)(CO)NC(=O)C1=NNC(=O)C1. The van der Waals surface area contributed by atoms with Crippen molar-refractivity contribution < 1.29 is 14.7 Å². The Labute approximate surface area is 81.4 Å². The van der Waals surface area contributed by atoms with E-state index < -0.39 is 11.4 Å². The Kier molecular flexibility index (Phi) is 2.85. The van der Waals surface area contributed by atoms with Crippen molar-refractivity contribution in [2.24, 2.45) is 5.10 Å². The predicted molar refractivity (Wildman–Crippen MR) is 49.5 cm³/mol. The number of rotatable bonds is 3. The molecule has 3 N–H and O–H groups in total. The molecule has 0 spiro atoms. The van der Waals surface area contributed by atoms with Crippen molar-refractivity contribution in [2.45, 2.75) is 25.8 Å². The zero-order valence-electron chi connectivity index (χ0n) is 8.13. The van der Waals surface area contributed by atoms with Gasteiger partial charge in [0, 0.05) is 0 Å². The third-order valence-corrected chi connectivity index (χ3v) is 1.75. The third kappa shape index (κ3) is 2.53. The third-order valence-electron chi connectivity index (χ3n) is 1.75. The molecule has 0 aromatic carbocycles. The topological polar surface area (TPSA) is 90.8 Å². The molecular formula is C8H13N3O3. The van der Waals surface area contributed by atoms with Crippen LogP contribution in [0.15, 0.2) is 5.10 Å². The molecule has 0 aliphatic carbocycles. The summed E-state index contributed by atoms with van der Waals surface area (Å²) in [5, 5.41) is 15.0. The van der Waals surface area contributed by atoms with E-state index in [0.29, 0.717) is 0 Å². The summed E-state index contributed by atoms with van der Waals surface area (Å²) < 4.78 is 0. The summed E-state index contributed by atoms with van der Waals surface area (Å²) >= 11 is 0. The number of aliphatic hydroxyl groups is 1. The van der Waals surface area contributed by atoms with Crippen molar-refractivity contribution in [2.75, 3.05) is 6.61 Å². The Bertz CT molecular complexity index is 296. The second kappa shape index (κ2) is 3.75. The van der Waals surface area contributed by atoms with E-state index in [-0.39, 0.29) is 24.6 Å². The molecule has 0 atom stereocenters. The number of hydrogen-bond acceptors (Lipinski definition) is 4. The molecule has 2 amide bonds. The fraction of sp³-hybridized carbons (Fsp3) is 0.625. The van der Waals surface area contributed by atoms with E-state index in [1.807, 2.05) is 0 Å². The highest BCUT2D eigenvalue weighted by Gasteiger charge is 2.26. The van der Waals surface area contributed by atoms with E-state index in [4.69, 9.17) is 5.11 Å². The number of hydrazone groups is 1. The van der Waals surface area contributed by atoms with E-state index in [0.717, 1.165) is 0 Å². The molecule has 0 fully saturated rings. The van der Waals surface area contributed by atoms with Gasteiger partial charge in [0.15, 0.2) is 0 Å². The highest BCUT2D eigenvalue weighted by Crippen LogP contribution is 2.02. The van der Waals surface area contributed by atoms with Crippen molar-refractivity contribution >= 4 is 17.5 Å². The second-order valence-corrected chi connectivity index (χ2v) is 3.77. The van der Waals surface area contributed by atoms with E-state index in [2.05, 4.69) is 15.8 Å². The molecule has 6 nitrogen and oxygen atoms in total. The van der Waals surface area contributed by atoms with E-state index in [9.17, 15) is 9.59 Å². The molecule has 1 aliphatic heterocycles. The quantitative estimate of drug-likeness (QED) is 0.530. The molecule has 6 heteroatoms. The van der Waals surface area contributed by atoms with Gasteiger partial charge in [0.2, 0.25) is 5.91 Å². The highest BCUT2D eigenvalue weighted by molar-refractivity contribution is 6.43. The van der Waals surface area contributed by atoms with Gasteiger partial charge in [-0.1, -0.05) is 0 Å². The van der Waals surface area contributed by atoms with Crippen molar-refractivity contribution in [1.29, 1.82) is 0 Å². The van der Waals surface area contributed by atoms with Crippen LogP contribution < -0.4 is 10.7 Å². The molecule has 0 radical (unpaired) electrons. The predicted octanol–water partition coefficient (Wildman–Crippen LogP) is -1.25. The number of carbonyl (C=O) groups is 2. The molecule has 14 heavy (non-hydrogen) atoms. The summed E-state index contributed by atoms with van der Waals surface area (Å²) in [5.41, 5.74) is 1.63. The van der Waals surface area contributed by atoms with E-state index in [1.54, 1.807) is 13.8 Å². The highest BCUT2D eigenvalue weighted by atomic mass is 16.3. The fourth-order valence-electron chi connectivity index (χ4n) is 0.911. The molecule has 78 valence electrons. The Balaban J connectivity index is 2.55. The summed E-state index contributed by atoms with van der Waals surface area (Å²) in [5.74, 6) is -0.723. The summed E-state index contributed by atoms with van der Waals surface area (Å²) in [4.78, 5) is 22.2. The lowest BCUT2D eigenvalue weighted by Crippen LogP contribution is -2.48. The number of amides is 2. The monoisotopic (exact) mass is 199 g/mol. The van der Waals surface area contributed by atoms with Crippen LogP contribution in [0.25, 0.3) is 0 Å². The molecule has 0 aromatic heterocycles. The van der Waals surface area contributed by atoms with Crippen LogP contribution in [0.1, 0.15) is 20.3 Å². The second-order valence-electron chi connectivity index (χ2n) is 3.77. The number of carbonyl (C=O) groups excluding carboxylic acids is 2. The first-order valence-corrected chi connectivity index (χ1v) is 4.23. The molecule has 0 saturated heterocycles. The molecule has 1 rings (SSSR count). The first-order valence-electron chi connectivity index (χ1n) is 4.23. The minimum absolute atomic E-state index is 0.00661. The zero-order chi connectivity index (χ0) is 10.8. The van der Waals surface area contributed by atoms with Gasteiger partial charge in [-0.3, -0.25) is 9.59 Å². The van der Waals surface area contributed by atoms with Gasteiger partial charge in [0.1, 0.15) is 5.71 Å². The van der Waals surface area contributed by atoms with Crippen LogP contribution in [0.4, 0.5) is 0 Å². The average Bonchev–Trinajstić information content (AvgIpc) is 2.51. The summed E-state index contributed by atoms with van der Waals surface area (Å²) in [6, 6.07) is 0. The fourth-order valence-corrected chi connectivity index (χ4v) is 0.911. The number of hydrogen-bond donors (Lipinski definition) is 3. The van der Waals surface area contributed by atoms with Crippen LogP contribution in [0.2, 0.25) is 0 Å². The maximum Gasteiger partial charge on any atom is 0.268 e. The maximum absolute atomic E-state index is 11.4. The van der Waals surface area contributed by atoms with Gasteiger partial charge in [-0.15, -0.1) is 0 Å². The lowest BCUT2D eigenvalue weighted by Gasteiger charge is -2.22. The van der Waals surface area contributed by atoms with E-state index in [1.165, 1.54) is 0 Å². The number of nitrogens with zero attached hydrogens (tertiary/aromatic N) is 1. The van der Waals surface area contributed by atoms with Crippen LogP contribution in [0.3, 0.4) is 0 Å². The summed E-state index contributed by atoms with van der Waals surface area (Å²) in [6.45, 7) is 3.18. The largest absolute Gasteiger partial charge is 0.394 e. The van der Waals surface area contributed by atoms with Crippen LogP contribution in [0, 0.1) is 0 Å². The minimum Gasteiger partial charge on any atom is -0.394 e. The molecule has 1 aliphatic rings. The van der Waals surface area contributed by atoms with Crippen molar-refractivity contribution in [3.63, 3.8) is 0 Å². The van der Waals surface area contributed by atoms with Gasteiger partial charge in [-0.2, -0.15) is 5.10 Å². The molecular weight excluding hydrogens is 186 g/mol. The summed E-state index contributed by atoms with van der Waals surface area (Å²) in [7, 11) is 0. The lowest BCUT2D eigenvalue weighted by molar-refractivity contribution is -0.120. The molecule has 0 bridgehead atoms. The Morgan fingerprint density at radius 3 is 2.79 bits per heavy atom. The van der Waals surface area contributed by atoms with Gasteiger partial charge < -0.3 is 10.4 Å². The van der Waals surface area contributed by atoms with Gasteiger partial charge in [0.25, 0.3) is 5.91 Å². The Hall–Kier alpha value is -1.43. The summed E-state index contributed by atoms with van der Waals surface area (Å²) in [6.07, 6.45) is -0.00661. The lowest BCUT2D eigenvalue weighted by atomic mass is 10.1. The number of nitrogens with one attached hydrogen (secondary N) is 2. The van der Waals surface area contributed by atoms with Crippen molar-refractivity contribution in [3.8, 4) is 0 Å². The average molecular weight is 199 g/mol. The van der Waals surface area contributed by atoms with Gasteiger partial charge >= 0.3 is 0 Å². The molecule has 1 heterocycles. The minimum atomic E-state index is -0.703. The normalized spacial score (nSPS) is 16.2. The first kappa shape index (κ1) is 10.6. The molecule has 0 unspecified atom stereocenters. The first-order chi connectivity index (χ1) is 6.44. The smallest absolute Gasteiger partial charge is 0.268 e. The number of aliphatic hydroxyl groups excluding tert-OH is 1. The Morgan fingerprint density at radius 1 is 1.71 bits per heavy atom. The standard InChI is InChI=1S/C8H13N3O3/c1-8(2,4-12)9-7(14)5-3-6(13)11-10-5/h12H,3-4H2,1-2H3,(H,9,14)(H,11,13). The van der Waals surface area contributed by atoms with Gasteiger partial charge in [-0.05, 0) is 13.8 Å². The van der Waals surface area contributed by atoms with Crippen molar-refractivity contribution in [1.82, 2.24) is 10.7 Å².